The van der Waals surface area contributed by atoms with E-state index in [9.17, 15) is 9.59 Å². The Morgan fingerprint density at radius 2 is 1.84 bits per heavy atom. The highest BCUT2D eigenvalue weighted by Gasteiger charge is 2.26. The van der Waals surface area contributed by atoms with Gasteiger partial charge in [-0.05, 0) is 31.0 Å². The molecule has 0 spiro atoms. The molecule has 0 unspecified atom stereocenters. The van der Waals surface area contributed by atoms with Crippen molar-refractivity contribution in [2.45, 2.75) is 19.3 Å². The van der Waals surface area contributed by atoms with Crippen LogP contribution in [0.15, 0.2) is 42.7 Å². The van der Waals surface area contributed by atoms with Gasteiger partial charge in [0.15, 0.2) is 23.1 Å². The second-order valence-corrected chi connectivity index (χ2v) is 7.27. The van der Waals surface area contributed by atoms with E-state index in [4.69, 9.17) is 4.74 Å². The number of nitrogens with zero attached hydrogens (tertiary/aromatic N) is 4. The summed E-state index contributed by atoms with van der Waals surface area (Å²) >= 11 is 0. The Morgan fingerprint density at radius 1 is 1.06 bits per heavy atom. The van der Waals surface area contributed by atoms with Crippen LogP contribution in [0.3, 0.4) is 0 Å². The minimum absolute atomic E-state index is 0.00512. The number of rotatable bonds is 7. The van der Waals surface area contributed by atoms with Gasteiger partial charge in [0.1, 0.15) is 0 Å². The fourth-order valence-corrected chi connectivity index (χ4v) is 3.35. The number of aromatic nitrogens is 4. The lowest BCUT2D eigenvalue weighted by Crippen LogP contribution is -2.29. The first kappa shape index (κ1) is 21.2. The van der Waals surface area contributed by atoms with Gasteiger partial charge in [-0.2, -0.15) is 0 Å². The molecule has 10 nitrogen and oxygen atoms in total. The van der Waals surface area contributed by atoms with Crippen molar-refractivity contribution in [2.75, 3.05) is 24.8 Å². The lowest BCUT2D eigenvalue weighted by Gasteiger charge is -2.23. The number of carbonyl (C=O) groups excluding carboxylic acids is 2. The molecular weight excluding hydrogens is 410 g/mol. The summed E-state index contributed by atoms with van der Waals surface area (Å²) in [7, 11) is 3.05. The Hall–Kier alpha value is -4.08. The molecule has 1 fully saturated rings. The molecule has 32 heavy (non-hydrogen) atoms. The zero-order valence-electron chi connectivity index (χ0n) is 17.8. The molecule has 0 radical (unpaired) electrons. The van der Waals surface area contributed by atoms with Crippen LogP contribution in [0, 0.1) is 5.92 Å². The summed E-state index contributed by atoms with van der Waals surface area (Å²) < 4.78 is 5.63. The number of methoxy groups -OCH3 is 1. The predicted molar refractivity (Wildman–Crippen MR) is 119 cm³/mol. The van der Waals surface area contributed by atoms with E-state index >= 15 is 0 Å². The van der Waals surface area contributed by atoms with Gasteiger partial charge in [-0.25, -0.2) is 9.97 Å². The topological polar surface area (TPSA) is 131 Å². The predicted octanol–water partition coefficient (Wildman–Crippen LogP) is 2.78. The van der Waals surface area contributed by atoms with Crippen molar-refractivity contribution in [1.29, 1.82) is 0 Å². The molecule has 1 aromatic carbocycles. The van der Waals surface area contributed by atoms with Crippen LogP contribution < -0.4 is 20.7 Å². The SMILES string of the molecule is CNC(=O)c1nnc(NC(=O)C2CCC2)cc1Nc1cccc(-c2ncccn2)c1OC. The molecule has 0 saturated heterocycles. The second-order valence-electron chi connectivity index (χ2n) is 7.27. The van der Waals surface area contributed by atoms with E-state index < -0.39 is 5.91 Å². The summed E-state index contributed by atoms with van der Waals surface area (Å²) in [6, 6.07) is 8.78. The van der Waals surface area contributed by atoms with Crippen molar-refractivity contribution in [1.82, 2.24) is 25.5 Å². The van der Waals surface area contributed by atoms with E-state index in [-0.39, 0.29) is 23.3 Å². The van der Waals surface area contributed by atoms with E-state index in [1.807, 2.05) is 12.1 Å². The van der Waals surface area contributed by atoms with E-state index in [2.05, 4.69) is 36.1 Å². The third-order valence-corrected chi connectivity index (χ3v) is 5.26. The number of hydrogen-bond donors (Lipinski definition) is 3. The first-order chi connectivity index (χ1) is 15.6. The molecule has 10 heteroatoms. The first-order valence-electron chi connectivity index (χ1n) is 10.2. The molecule has 0 aliphatic heterocycles. The second kappa shape index (κ2) is 9.38. The van der Waals surface area contributed by atoms with Crippen molar-refractivity contribution >= 4 is 29.0 Å². The fraction of sp³-hybridized carbons (Fsp3) is 0.273. The molecule has 1 aliphatic carbocycles. The van der Waals surface area contributed by atoms with Gasteiger partial charge >= 0.3 is 0 Å². The lowest BCUT2D eigenvalue weighted by molar-refractivity contribution is -0.122. The quantitative estimate of drug-likeness (QED) is 0.518. The molecule has 164 valence electrons. The van der Waals surface area contributed by atoms with Crippen LogP contribution in [0.4, 0.5) is 17.2 Å². The average molecular weight is 433 g/mol. The minimum Gasteiger partial charge on any atom is -0.494 e. The van der Waals surface area contributed by atoms with E-state index in [1.54, 1.807) is 37.7 Å². The van der Waals surface area contributed by atoms with Crippen LogP contribution in [-0.4, -0.2) is 46.1 Å². The van der Waals surface area contributed by atoms with E-state index in [0.717, 1.165) is 19.3 Å². The summed E-state index contributed by atoms with van der Waals surface area (Å²) in [6.07, 6.45) is 6.08. The zero-order chi connectivity index (χ0) is 22.5. The maximum Gasteiger partial charge on any atom is 0.273 e. The Labute approximate surface area is 184 Å². The molecule has 0 bridgehead atoms. The molecule has 2 aromatic heterocycles. The monoisotopic (exact) mass is 433 g/mol. The van der Waals surface area contributed by atoms with Crippen LogP contribution >= 0.6 is 0 Å². The standard InChI is InChI=1S/C22H23N7O3/c1-23-22(31)18-16(12-17(28-29-18)27-21(30)13-6-3-7-13)26-15-9-4-8-14(19(15)32-2)20-24-10-5-11-25-20/h4-5,8-13H,3,6-7H2,1-2H3,(H,23,31)(H2,26,27,28,30). The maximum absolute atomic E-state index is 12.4. The Balaban J connectivity index is 1.70. The van der Waals surface area contributed by atoms with Gasteiger partial charge in [0, 0.05) is 31.4 Å². The molecule has 1 saturated carbocycles. The van der Waals surface area contributed by atoms with Crippen molar-refractivity contribution in [3.63, 3.8) is 0 Å². The number of anilines is 3. The first-order valence-corrected chi connectivity index (χ1v) is 10.2. The van der Waals surface area contributed by atoms with Crippen molar-refractivity contribution < 1.29 is 14.3 Å². The highest BCUT2D eigenvalue weighted by molar-refractivity contribution is 5.99. The largest absolute Gasteiger partial charge is 0.494 e. The van der Waals surface area contributed by atoms with Crippen LogP contribution in [0.5, 0.6) is 5.75 Å². The number of benzene rings is 1. The minimum atomic E-state index is -0.418. The summed E-state index contributed by atoms with van der Waals surface area (Å²) in [5, 5.41) is 16.6. The molecule has 0 atom stereocenters. The number of nitrogens with one attached hydrogen (secondary N) is 3. The van der Waals surface area contributed by atoms with Crippen molar-refractivity contribution in [3.8, 4) is 17.1 Å². The molecule has 2 amide bonds. The van der Waals surface area contributed by atoms with Crippen molar-refractivity contribution in [3.05, 3.63) is 48.4 Å². The normalized spacial score (nSPS) is 13.1. The van der Waals surface area contributed by atoms with Gasteiger partial charge < -0.3 is 20.7 Å². The summed E-state index contributed by atoms with van der Waals surface area (Å²) in [6.45, 7) is 0. The molecule has 2 heterocycles. The zero-order valence-corrected chi connectivity index (χ0v) is 17.8. The van der Waals surface area contributed by atoms with Gasteiger partial charge in [-0.3, -0.25) is 9.59 Å². The van der Waals surface area contributed by atoms with Crippen LogP contribution in [-0.2, 0) is 4.79 Å². The number of para-hydroxylation sites is 1. The van der Waals surface area contributed by atoms with Gasteiger partial charge in [0.2, 0.25) is 5.91 Å². The van der Waals surface area contributed by atoms with Gasteiger partial charge in [-0.1, -0.05) is 12.5 Å². The summed E-state index contributed by atoms with van der Waals surface area (Å²) in [5.74, 6) is 0.746. The average Bonchev–Trinajstić information content (AvgIpc) is 2.78. The Kier molecular flexibility index (Phi) is 6.20. The number of carbonyl (C=O) groups is 2. The van der Waals surface area contributed by atoms with E-state index in [0.29, 0.717) is 28.5 Å². The smallest absolute Gasteiger partial charge is 0.273 e. The van der Waals surface area contributed by atoms with Crippen LogP contribution in [0.25, 0.3) is 11.4 Å². The molecular formula is C22H23N7O3. The molecule has 1 aliphatic rings. The van der Waals surface area contributed by atoms with Gasteiger partial charge in [0.25, 0.3) is 5.91 Å². The molecule has 3 aromatic rings. The Morgan fingerprint density at radius 3 is 2.50 bits per heavy atom. The van der Waals surface area contributed by atoms with Crippen molar-refractivity contribution in [2.24, 2.45) is 5.92 Å². The molecule has 4 rings (SSSR count). The third kappa shape index (κ3) is 4.34. The number of amides is 2. The molecule has 3 N–H and O–H groups in total. The fourth-order valence-electron chi connectivity index (χ4n) is 3.35. The Bertz CT molecular complexity index is 1130. The summed E-state index contributed by atoms with van der Waals surface area (Å²) in [4.78, 5) is 33.3. The van der Waals surface area contributed by atoms with Gasteiger partial charge in [-0.15, -0.1) is 10.2 Å². The van der Waals surface area contributed by atoms with E-state index in [1.165, 1.54) is 7.05 Å². The lowest BCUT2D eigenvalue weighted by atomic mass is 9.85. The summed E-state index contributed by atoms with van der Waals surface area (Å²) in [5.41, 5.74) is 1.71. The highest BCUT2D eigenvalue weighted by atomic mass is 16.5. The highest BCUT2D eigenvalue weighted by Crippen LogP contribution is 2.37. The van der Waals surface area contributed by atoms with Gasteiger partial charge in [0.05, 0.1) is 24.0 Å². The van der Waals surface area contributed by atoms with Crippen LogP contribution in [0.1, 0.15) is 29.8 Å². The third-order valence-electron chi connectivity index (χ3n) is 5.26. The number of ether oxygens (including phenoxy) is 1. The van der Waals surface area contributed by atoms with Crippen LogP contribution in [0.2, 0.25) is 0 Å². The maximum atomic E-state index is 12.4. The number of hydrogen-bond acceptors (Lipinski definition) is 8.